The van der Waals surface area contributed by atoms with E-state index in [2.05, 4.69) is 10.6 Å². The molecule has 0 heterocycles. The molecule has 6 heteroatoms. The van der Waals surface area contributed by atoms with Crippen LogP contribution < -0.4 is 16.4 Å². The molecule has 5 nitrogen and oxygen atoms in total. The highest BCUT2D eigenvalue weighted by Crippen LogP contribution is 2.39. The molecule has 1 unspecified atom stereocenters. The van der Waals surface area contributed by atoms with Crippen molar-refractivity contribution in [3.63, 3.8) is 0 Å². The van der Waals surface area contributed by atoms with Gasteiger partial charge in [-0.15, -0.1) is 12.4 Å². The second kappa shape index (κ2) is 8.87. The standard InChI is InChI=1S/C20H29N3O2.ClH/c1-20(13-21,17-10-11-17)23-19(25)16-8-6-14(7-9-16)12-22-18(24)15-4-2-3-5-15;/h6-9,15,17H,2-5,10-13,21H2,1H3,(H,22,24)(H,23,25);1H. The first-order chi connectivity index (χ1) is 12.0. The Morgan fingerprint density at radius 2 is 1.73 bits per heavy atom. The van der Waals surface area contributed by atoms with Gasteiger partial charge in [0, 0.05) is 24.6 Å². The normalized spacial score (nSPS) is 19.3. The Kier molecular flexibility index (Phi) is 7.07. The number of hydrogen-bond donors (Lipinski definition) is 3. The lowest BCUT2D eigenvalue weighted by Crippen LogP contribution is -2.53. The summed E-state index contributed by atoms with van der Waals surface area (Å²) in [5.41, 5.74) is 7.19. The number of carbonyl (C=O) groups excluding carboxylic acids is 2. The van der Waals surface area contributed by atoms with Gasteiger partial charge in [-0.3, -0.25) is 9.59 Å². The summed E-state index contributed by atoms with van der Waals surface area (Å²) in [6.45, 7) is 2.99. The number of benzene rings is 1. The minimum absolute atomic E-state index is 0. The van der Waals surface area contributed by atoms with Gasteiger partial charge in [-0.05, 0) is 56.2 Å². The van der Waals surface area contributed by atoms with Crippen LogP contribution in [0.15, 0.2) is 24.3 Å². The highest BCUT2D eigenvalue weighted by molar-refractivity contribution is 5.94. The molecule has 4 N–H and O–H groups in total. The van der Waals surface area contributed by atoms with Crippen LogP contribution in [-0.4, -0.2) is 23.9 Å². The van der Waals surface area contributed by atoms with Crippen molar-refractivity contribution in [3.05, 3.63) is 35.4 Å². The van der Waals surface area contributed by atoms with Crippen LogP contribution in [0.5, 0.6) is 0 Å². The van der Waals surface area contributed by atoms with E-state index in [1.807, 2.05) is 31.2 Å². The van der Waals surface area contributed by atoms with Crippen LogP contribution in [0.4, 0.5) is 0 Å². The summed E-state index contributed by atoms with van der Waals surface area (Å²) in [5, 5.41) is 6.10. The molecule has 0 aromatic heterocycles. The number of nitrogens with two attached hydrogens (primary N) is 1. The molecular weight excluding hydrogens is 350 g/mol. The number of hydrogen-bond acceptors (Lipinski definition) is 3. The molecule has 2 saturated carbocycles. The minimum Gasteiger partial charge on any atom is -0.352 e. The summed E-state index contributed by atoms with van der Waals surface area (Å²) in [5.74, 6) is 0.747. The summed E-state index contributed by atoms with van der Waals surface area (Å²) < 4.78 is 0. The lowest BCUT2D eigenvalue weighted by atomic mass is 9.95. The summed E-state index contributed by atoms with van der Waals surface area (Å²) >= 11 is 0. The monoisotopic (exact) mass is 379 g/mol. The van der Waals surface area contributed by atoms with E-state index < -0.39 is 0 Å². The highest BCUT2D eigenvalue weighted by Gasteiger charge is 2.41. The summed E-state index contributed by atoms with van der Waals surface area (Å²) in [7, 11) is 0. The first-order valence-corrected chi connectivity index (χ1v) is 9.41. The first kappa shape index (κ1) is 20.7. The second-order valence-electron chi connectivity index (χ2n) is 7.75. The van der Waals surface area contributed by atoms with Crippen molar-refractivity contribution >= 4 is 24.2 Å². The van der Waals surface area contributed by atoms with E-state index in [9.17, 15) is 9.59 Å². The fourth-order valence-electron chi connectivity index (χ4n) is 3.67. The summed E-state index contributed by atoms with van der Waals surface area (Å²) in [6, 6.07) is 7.44. The number of rotatable bonds is 7. The fourth-order valence-corrected chi connectivity index (χ4v) is 3.67. The predicted molar refractivity (Wildman–Crippen MR) is 105 cm³/mol. The third-order valence-electron chi connectivity index (χ3n) is 5.71. The molecule has 0 saturated heterocycles. The van der Waals surface area contributed by atoms with E-state index in [1.54, 1.807) is 0 Å². The van der Waals surface area contributed by atoms with Crippen molar-refractivity contribution in [1.29, 1.82) is 0 Å². The topological polar surface area (TPSA) is 84.2 Å². The SMILES string of the molecule is CC(CN)(NC(=O)c1ccc(CNC(=O)C2CCCC2)cc1)C1CC1.Cl. The van der Waals surface area contributed by atoms with Crippen LogP contribution in [0.1, 0.15) is 61.4 Å². The molecule has 0 bridgehead atoms. The van der Waals surface area contributed by atoms with E-state index in [0.717, 1.165) is 44.1 Å². The first-order valence-electron chi connectivity index (χ1n) is 9.41. The van der Waals surface area contributed by atoms with Crippen molar-refractivity contribution in [2.45, 2.75) is 57.5 Å². The quantitative estimate of drug-likeness (QED) is 0.681. The van der Waals surface area contributed by atoms with E-state index in [-0.39, 0.29) is 35.7 Å². The smallest absolute Gasteiger partial charge is 0.251 e. The third kappa shape index (κ3) is 4.98. The van der Waals surface area contributed by atoms with Gasteiger partial charge >= 0.3 is 0 Å². The molecule has 2 fully saturated rings. The third-order valence-corrected chi connectivity index (χ3v) is 5.71. The fraction of sp³-hybridized carbons (Fsp3) is 0.600. The molecule has 1 aromatic rings. The molecule has 1 aromatic carbocycles. The van der Waals surface area contributed by atoms with E-state index in [4.69, 9.17) is 5.73 Å². The van der Waals surface area contributed by atoms with Crippen LogP contribution in [0.3, 0.4) is 0 Å². The summed E-state index contributed by atoms with van der Waals surface area (Å²) in [4.78, 5) is 24.5. The van der Waals surface area contributed by atoms with Gasteiger partial charge in [0.15, 0.2) is 0 Å². The number of nitrogens with one attached hydrogen (secondary N) is 2. The van der Waals surface area contributed by atoms with Gasteiger partial charge in [0.05, 0.1) is 5.54 Å². The van der Waals surface area contributed by atoms with Crippen LogP contribution in [-0.2, 0) is 11.3 Å². The van der Waals surface area contributed by atoms with E-state index in [1.165, 1.54) is 0 Å². The molecular formula is C20H30ClN3O2. The Morgan fingerprint density at radius 1 is 1.12 bits per heavy atom. The maximum absolute atomic E-state index is 12.5. The Bertz CT molecular complexity index is 624. The molecule has 2 aliphatic rings. The minimum atomic E-state index is -0.314. The van der Waals surface area contributed by atoms with Crippen molar-refractivity contribution in [2.24, 2.45) is 17.6 Å². The average Bonchev–Trinajstić information content (AvgIpc) is 3.35. The zero-order valence-corrected chi connectivity index (χ0v) is 16.2. The Labute approximate surface area is 161 Å². The molecule has 0 aliphatic heterocycles. The summed E-state index contributed by atoms with van der Waals surface area (Å²) in [6.07, 6.45) is 6.59. The van der Waals surface area contributed by atoms with Crippen LogP contribution in [0.25, 0.3) is 0 Å². The Morgan fingerprint density at radius 3 is 2.27 bits per heavy atom. The Balaban J connectivity index is 0.00000243. The number of halogens is 1. The van der Waals surface area contributed by atoms with Crippen LogP contribution >= 0.6 is 12.4 Å². The molecule has 3 rings (SSSR count). The zero-order valence-electron chi connectivity index (χ0n) is 15.4. The Hall–Kier alpha value is -1.59. The number of amides is 2. The van der Waals surface area contributed by atoms with Crippen molar-refractivity contribution < 1.29 is 9.59 Å². The molecule has 0 spiro atoms. The van der Waals surface area contributed by atoms with Gasteiger partial charge in [-0.25, -0.2) is 0 Å². The van der Waals surface area contributed by atoms with Gasteiger partial charge in [0.2, 0.25) is 5.91 Å². The average molecular weight is 380 g/mol. The molecule has 144 valence electrons. The second-order valence-corrected chi connectivity index (χ2v) is 7.75. The van der Waals surface area contributed by atoms with Crippen molar-refractivity contribution in [2.75, 3.05) is 6.54 Å². The van der Waals surface area contributed by atoms with Crippen LogP contribution in [0.2, 0.25) is 0 Å². The van der Waals surface area contributed by atoms with E-state index >= 15 is 0 Å². The predicted octanol–water partition coefficient (Wildman–Crippen LogP) is 2.77. The molecule has 2 amide bonds. The van der Waals surface area contributed by atoms with Crippen LogP contribution in [0, 0.1) is 11.8 Å². The van der Waals surface area contributed by atoms with Gasteiger partial charge in [0.1, 0.15) is 0 Å². The zero-order chi connectivity index (χ0) is 17.9. The molecule has 1 atom stereocenters. The van der Waals surface area contributed by atoms with Gasteiger partial charge in [0.25, 0.3) is 5.91 Å². The largest absolute Gasteiger partial charge is 0.352 e. The lowest BCUT2D eigenvalue weighted by molar-refractivity contribution is -0.124. The highest BCUT2D eigenvalue weighted by atomic mass is 35.5. The molecule has 26 heavy (non-hydrogen) atoms. The molecule has 2 aliphatic carbocycles. The number of carbonyl (C=O) groups is 2. The van der Waals surface area contributed by atoms with Gasteiger partial charge in [-0.1, -0.05) is 25.0 Å². The lowest BCUT2D eigenvalue weighted by Gasteiger charge is -2.29. The van der Waals surface area contributed by atoms with Crippen molar-refractivity contribution in [1.82, 2.24) is 10.6 Å². The maximum Gasteiger partial charge on any atom is 0.251 e. The van der Waals surface area contributed by atoms with Gasteiger partial charge in [-0.2, -0.15) is 0 Å². The maximum atomic E-state index is 12.5. The molecule has 0 radical (unpaired) electrons. The van der Waals surface area contributed by atoms with Crippen molar-refractivity contribution in [3.8, 4) is 0 Å². The van der Waals surface area contributed by atoms with E-state index in [0.29, 0.717) is 24.6 Å². The van der Waals surface area contributed by atoms with Gasteiger partial charge < -0.3 is 16.4 Å².